The zero-order valence-electron chi connectivity index (χ0n) is 9.55. The number of hydrogen-bond acceptors (Lipinski definition) is 4. The van der Waals surface area contributed by atoms with Crippen LogP contribution in [0.25, 0.3) is 0 Å². The Morgan fingerprint density at radius 3 is 2.94 bits per heavy atom. The van der Waals surface area contributed by atoms with Gasteiger partial charge in [0.05, 0.1) is 12.2 Å². The summed E-state index contributed by atoms with van der Waals surface area (Å²) in [7, 11) is 0. The first-order valence-electron chi connectivity index (χ1n) is 5.50. The van der Waals surface area contributed by atoms with Crippen molar-refractivity contribution in [3.63, 3.8) is 0 Å². The molecule has 2 heterocycles. The van der Waals surface area contributed by atoms with Gasteiger partial charge in [0.2, 0.25) is 0 Å². The van der Waals surface area contributed by atoms with Crippen molar-refractivity contribution >= 4 is 11.3 Å². The highest BCUT2D eigenvalue weighted by Crippen LogP contribution is 2.23. The lowest BCUT2D eigenvalue weighted by Gasteiger charge is -2.12. The first-order chi connectivity index (χ1) is 7.85. The van der Waals surface area contributed by atoms with Gasteiger partial charge in [-0.05, 0) is 13.5 Å². The quantitative estimate of drug-likeness (QED) is 0.864. The van der Waals surface area contributed by atoms with E-state index in [0.29, 0.717) is 0 Å². The third-order valence-corrected chi connectivity index (χ3v) is 3.26. The summed E-state index contributed by atoms with van der Waals surface area (Å²) >= 11 is 1.67. The summed E-state index contributed by atoms with van der Waals surface area (Å²) in [5.74, 6) is 0. The fourth-order valence-corrected chi connectivity index (χ4v) is 2.37. The van der Waals surface area contributed by atoms with Gasteiger partial charge in [-0.25, -0.2) is 4.98 Å². The van der Waals surface area contributed by atoms with E-state index in [0.717, 1.165) is 18.1 Å². The molecule has 0 aliphatic rings. The second kappa shape index (κ2) is 5.23. The Bertz CT molecular complexity index is 421. The molecule has 2 rings (SSSR count). The Labute approximate surface area is 99.3 Å². The van der Waals surface area contributed by atoms with E-state index in [1.165, 1.54) is 5.56 Å². The predicted octanol–water partition coefficient (Wildman–Crippen LogP) is 2.06. The van der Waals surface area contributed by atoms with Gasteiger partial charge in [0.25, 0.3) is 0 Å². The van der Waals surface area contributed by atoms with E-state index < -0.39 is 0 Å². The lowest BCUT2D eigenvalue weighted by atomic mass is 10.2. The van der Waals surface area contributed by atoms with Crippen LogP contribution in [-0.4, -0.2) is 21.3 Å². The van der Waals surface area contributed by atoms with Gasteiger partial charge in [0, 0.05) is 29.9 Å². The van der Waals surface area contributed by atoms with Crippen LogP contribution in [-0.2, 0) is 6.54 Å². The Morgan fingerprint density at radius 1 is 1.50 bits per heavy atom. The van der Waals surface area contributed by atoms with Crippen LogP contribution in [0.15, 0.2) is 24.0 Å². The van der Waals surface area contributed by atoms with Gasteiger partial charge in [0.15, 0.2) is 0 Å². The molecule has 0 saturated heterocycles. The van der Waals surface area contributed by atoms with E-state index in [9.17, 15) is 0 Å². The molecule has 1 N–H and O–H groups in total. The van der Waals surface area contributed by atoms with Gasteiger partial charge in [-0.2, -0.15) is 5.10 Å². The van der Waals surface area contributed by atoms with Gasteiger partial charge < -0.3 is 5.32 Å². The molecular weight excluding hydrogens is 220 g/mol. The van der Waals surface area contributed by atoms with E-state index in [4.69, 9.17) is 0 Å². The van der Waals surface area contributed by atoms with Crippen molar-refractivity contribution < 1.29 is 0 Å². The molecule has 1 atom stereocenters. The van der Waals surface area contributed by atoms with Crippen molar-refractivity contribution in [3.05, 3.63) is 34.5 Å². The van der Waals surface area contributed by atoms with Gasteiger partial charge in [0.1, 0.15) is 5.01 Å². The normalized spacial score (nSPS) is 12.9. The number of nitrogens with zero attached hydrogens (tertiary/aromatic N) is 3. The molecule has 2 aromatic heterocycles. The fourth-order valence-electron chi connectivity index (χ4n) is 1.63. The Kier molecular flexibility index (Phi) is 3.69. The van der Waals surface area contributed by atoms with Crippen LogP contribution in [0.1, 0.15) is 30.5 Å². The van der Waals surface area contributed by atoms with E-state index >= 15 is 0 Å². The maximum Gasteiger partial charge on any atom is 0.114 e. The van der Waals surface area contributed by atoms with Crippen LogP contribution in [0, 0.1) is 0 Å². The van der Waals surface area contributed by atoms with Crippen LogP contribution >= 0.6 is 11.3 Å². The molecule has 0 amide bonds. The summed E-state index contributed by atoms with van der Waals surface area (Å²) in [6, 6.07) is 0.172. The van der Waals surface area contributed by atoms with Crippen LogP contribution in [0.2, 0.25) is 0 Å². The summed E-state index contributed by atoms with van der Waals surface area (Å²) in [4.78, 5) is 4.37. The predicted molar refractivity (Wildman–Crippen MR) is 65.5 cm³/mol. The van der Waals surface area contributed by atoms with Crippen LogP contribution in [0.3, 0.4) is 0 Å². The Balaban J connectivity index is 2.25. The minimum Gasteiger partial charge on any atom is -0.304 e. The van der Waals surface area contributed by atoms with E-state index in [-0.39, 0.29) is 6.04 Å². The molecule has 0 bridgehead atoms. The number of nitrogens with one attached hydrogen (secondary N) is 1. The Morgan fingerprint density at radius 2 is 2.38 bits per heavy atom. The smallest absolute Gasteiger partial charge is 0.114 e. The molecule has 0 radical (unpaired) electrons. The fraction of sp³-hybridized carbons (Fsp3) is 0.455. The molecule has 1 unspecified atom stereocenters. The summed E-state index contributed by atoms with van der Waals surface area (Å²) in [5, 5.41) is 10.8. The van der Waals surface area contributed by atoms with Crippen molar-refractivity contribution in [1.82, 2.24) is 20.1 Å². The summed E-state index contributed by atoms with van der Waals surface area (Å²) in [5.41, 5.74) is 1.18. The maximum atomic E-state index is 4.37. The summed E-state index contributed by atoms with van der Waals surface area (Å²) in [6.45, 7) is 6.01. The maximum absolute atomic E-state index is 4.37. The first kappa shape index (κ1) is 11.3. The molecule has 0 aliphatic heterocycles. The zero-order chi connectivity index (χ0) is 11.4. The summed E-state index contributed by atoms with van der Waals surface area (Å²) < 4.78 is 1.94. The number of rotatable bonds is 5. The number of hydrogen-bond donors (Lipinski definition) is 1. The topological polar surface area (TPSA) is 42.7 Å². The highest BCUT2D eigenvalue weighted by Gasteiger charge is 2.16. The molecule has 0 saturated carbocycles. The van der Waals surface area contributed by atoms with Gasteiger partial charge >= 0.3 is 0 Å². The van der Waals surface area contributed by atoms with Gasteiger partial charge in [-0.1, -0.05) is 6.92 Å². The molecule has 5 heteroatoms. The lowest BCUT2D eigenvalue weighted by molar-refractivity contribution is 0.622. The molecule has 0 aliphatic carbocycles. The van der Waals surface area contributed by atoms with Crippen molar-refractivity contribution in [2.45, 2.75) is 26.4 Å². The average Bonchev–Trinajstić information content (AvgIpc) is 2.97. The zero-order valence-corrected chi connectivity index (χ0v) is 10.4. The molecule has 0 aromatic carbocycles. The lowest BCUT2D eigenvalue weighted by Crippen LogP contribution is -2.21. The van der Waals surface area contributed by atoms with Crippen molar-refractivity contribution in [3.8, 4) is 0 Å². The molecule has 4 nitrogen and oxygen atoms in total. The number of thiazole rings is 1. The summed E-state index contributed by atoms with van der Waals surface area (Å²) in [6.07, 6.45) is 5.83. The standard InChI is InChI=1S/C11H16N4S/c1-3-12-10(11-13-5-6-16-11)9-7-14-15(4-2)8-9/h5-8,10,12H,3-4H2,1-2H3. The van der Waals surface area contributed by atoms with Crippen LogP contribution in [0.4, 0.5) is 0 Å². The van der Waals surface area contributed by atoms with Crippen molar-refractivity contribution in [2.75, 3.05) is 6.54 Å². The largest absolute Gasteiger partial charge is 0.304 e. The molecule has 2 aromatic rings. The monoisotopic (exact) mass is 236 g/mol. The SMILES string of the molecule is CCNC(c1cnn(CC)c1)c1nccs1. The van der Waals surface area contributed by atoms with E-state index in [1.54, 1.807) is 11.3 Å². The number of aryl methyl sites for hydroxylation is 1. The van der Waals surface area contributed by atoms with Gasteiger partial charge in [-0.15, -0.1) is 11.3 Å². The highest BCUT2D eigenvalue weighted by atomic mass is 32.1. The third kappa shape index (κ3) is 2.31. The van der Waals surface area contributed by atoms with Crippen molar-refractivity contribution in [1.29, 1.82) is 0 Å². The Hall–Kier alpha value is -1.20. The average molecular weight is 236 g/mol. The molecule has 86 valence electrons. The highest BCUT2D eigenvalue weighted by molar-refractivity contribution is 7.09. The van der Waals surface area contributed by atoms with Crippen molar-refractivity contribution in [2.24, 2.45) is 0 Å². The van der Waals surface area contributed by atoms with Crippen LogP contribution in [0.5, 0.6) is 0 Å². The second-order valence-electron chi connectivity index (χ2n) is 3.49. The minimum absolute atomic E-state index is 0.172. The van der Waals surface area contributed by atoms with Crippen LogP contribution < -0.4 is 5.32 Å². The molecule has 16 heavy (non-hydrogen) atoms. The first-order valence-corrected chi connectivity index (χ1v) is 6.38. The molecular formula is C11H16N4S. The van der Waals surface area contributed by atoms with E-state index in [2.05, 4.69) is 35.4 Å². The van der Waals surface area contributed by atoms with E-state index in [1.807, 2.05) is 22.5 Å². The minimum atomic E-state index is 0.172. The molecule has 0 fully saturated rings. The van der Waals surface area contributed by atoms with Gasteiger partial charge in [-0.3, -0.25) is 4.68 Å². The third-order valence-electron chi connectivity index (χ3n) is 2.42. The second-order valence-corrected chi connectivity index (χ2v) is 4.42. The number of aromatic nitrogens is 3. The molecule has 0 spiro atoms.